The summed E-state index contributed by atoms with van der Waals surface area (Å²) in [6, 6.07) is 0. The van der Waals surface area contributed by atoms with Gasteiger partial charge in [0.15, 0.2) is 6.29 Å². The average molecular weight is 593 g/mol. The highest BCUT2D eigenvalue weighted by Crippen LogP contribution is 2.31. The highest BCUT2D eigenvalue weighted by atomic mass is 32.3. The third-order valence-electron chi connectivity index (χ3n) is 6.48. The molecule has 8 unspecified atom stereocenters. The van der Waals surface area contributed by atoms with Gasteiger partial charge in [0, 0.05) is 11.8 Å². The molecular formula is C21H36O17S. The Bertz CT molecular complexity index is 943. The van der Waals surface area contributed by atoms with E-state index >= 15 is 0 Å². The number of carbonyl (C=O) groups is 1. The van der Waals surface area contributed by atoms with E-state index in [0.717, 1.165) is 6.08 Å². The Kier molecular flexibility index (Phi) is 12.0. The molecule has 0 amide bonds. The van der Waals surface area contributed by atoms with E-state index in [9.17, 15) is 43.9 Å². The number of carboxylic acids is 1. The molecule has 0 saturated carbocycles. The first kappa shape index (κ1) is 33.7. The molecule has 0 radical (unpaired) electrons. The minimum atomic E-state index is -5.06. The third kappa shape index (κ3) is 8.26. The first-order chi connectivity index (χ1) is 17.7. The van der Waals surface area contributed by atoms with Crippen molar-refractivity contribution >= 4 is 16.4 Å². The summed E-state index contributed by atoms with van der Waals surface area (Å²) < 4.78 is 62.5. The van der Waals surface area contributed by atoms with E-state index in [1.165, 1.54) is 6.92 Å². The average Bonchev–Trinajstić information content (AvgIpc) is 2.84. The molecule has 0 aromatic heterocycles. The number of rotatable bonds is 10. The Hall–Kier alpha value is -1.52. The van der Waals surface area contributed by atoms with E-state index in [1.54, 1.807) is 0 Å². The lowest BCUT2D eigenvalue weighted by Gasteiger charge is -2.43. The van der Waals surface area contributed by atoms with Crippen molar-refractivity contribution in [3.63, 3.8) is 0 Å². The Balaban J connectivity index is 0.00000533. The van der Waals surface area contributed by atoms with Gasteiger partial charge in [0.1, 0.15) is 36.6 Å². The van der Waals surface area contributed by atoms with Crippen LogP contribution in [0.25, 0.3) is 0 Å². The molecule has 0 aromatic rings. The Morgan fingerprint density at radius 1 is 1.03 bits per heavy atom. The van der Waals surface area contributed by atoms with Gasteiger partial charge in [0.05, 0.1) is 38.6 Å². The molecule has 17 nitrogen and oxygen atoms in total. The summed E-state index contributed by atoms with van der Waals surface area (Å²) in [7, 11) is -5.06. The first-order valence-electron chi connectivity index (χ1n) is 11.5. The second-order valence-electron chi connectivity index (χ2n) is 9.12. The maximum Gasteiger partial charge on any atom is 0.397 e. The molecule has 2 saturated heterocycles. The van der Waals surface area contributed by atoms with Crippen LogP contribution in [-0.2, 0) is 43.1 Å². The van der Waals surface area contributed by atoms with Gasteiger partial charge < -0.3 is 59.4 Å². The van der Waals surface area contributed by atoms with E-state index in [0.29, 0.717) is 0 Å². The van der Waals surface area contributed by atoms with Crippen LogP contribution in [0.5, 0.6) is 0 Å². The minimum absolute atomic E-state index is 0. The van der Waals surface area contributed by atoms with Crippen molar-refractivity contribution in [1.29, 1.82) is 0 Å². The summed E-state index contributed by atoms with van der Waals surface area (Å²) >= 11 is 0. The normalized spacial score (nSPS) is 41.2. The minimum Gasteiger partial charge on any atom is -0.475 e. The molecule has 0 aliphatic carbocycles. The third-order valence-corrected chi connectivity index (χ3v) is 6.94. The zero-order valence-electron chi connectivity index (χ0n) is 20.0. The van der Waals surface area contributed by atoms with E-state index in [1.807, 2.05) is 0 Å². The van der Waals surface area contributed by atoms with Crippen molar-refractivity contribution < 1.29 is 81.4 Å². The molecule has 2 fully saturated rings. The van der Waals surface area contributed by atoms with Gasteiger partial charge in [-0.3, -0.25) is 4.55 Å². The SMILES string of the molecule is C.CC1O[C@@H](OCC2C(CO[C@@H]3OC(C(=O)O)=CC(O)C3O)COC(CO)[C@H]2O)C(O)C(OS(=O)(=O)O)[C@@H]1O. The van der Waals surface area contributed by atoms with Crippen LogP contribution in [0.15, 0.2) is 11.8 Å². The van der Waals surface area contributed by atoms with Crippen molar-refractivity contribution in [1.82, 2.24) is 0 Å². The van der Waals surface area contributed by atoms with Gasteiger partial charge in [-0.1, -0.05) is 7.43 Å². The predicted octanol–water partition coefficient (Wildman–Crippen LogP) is -3.66. The van der Waals surface area contributed by atoms with Crippen LogP contribution in [0.3, 0.4) is 0 Å². The Morgan fingerprint density at radius 3 is 2.26 bits per heavy atom. The molecule has 228 valence electrons. The molecule has 0 spiro atoms. The molecule has 39 heavy (non-hydrogen) atoms. The van der Waals surface area contributed by atoms with E-state index in [4.69, 9.17) is 33.3 Å². The number of aliphatic carboxylic acids is 1. The number of aliphatic hydroxyl groups excluding tert-OH is 6. The molecule has 8 N–H and O–H groups in total. The fourth-order valence-corrected chi connectivity index (χ4v) is 4.82. The van der Waals surface area contributed by atoms with Gasteiger partial charge in [0.25, 0.3) is 0 Å². The summed E-state index contributed by atoms with van der Waals surface area (Å²) in [5.74, 6) is -3.76. The van der Waals surface area contributed by atoms with Crippen LogP contribution in [0.2, 0.25) is 0 Å². The van der Waals surface area contributed by atoms with Crippen LogP contribution in [0.4, 0.5) is 0 Å². The molecule has 3 heterocycles. The molecule has 3 aliphatic heterocycles. The van der Waals surface area contributed by atoms with Crippen LogP contribution >= 0.6 is 0 Å². The number of hydrogen-bond donors (Lipinski definition) is 8. The van der Waals surface area contributed by atoms with Gasteiger partial charge >= 0.3 is 16.4 Å². The highest BCUT2D eigenvalue weighted by Gasteiger charge is 2.48. The van der Waals surface area contributed by atoms with Crippen LogP contribution < -0.4 is 0 Å². The van der Waals surface area contributed by atoms with Crippen molar-refractivity contribution in [3.8, 4) is 0 Å². The van der Waals surface area contributed by atoms with E-state index < -0.39 is 109 Å². The fourth-order valence-electron chi connectivity index (χ4n) is 4.31. The van der Waals surface area contributed by atoms with Crippen LogP contribution in [-0.4, -0.2) is 143 Å². The summed E-state index contributed by atoms with van der Waals surface area (Å²) in [4.78, 5) is 11.2. The maximum absolute atomic E-state index is 11.2. The summed E-state index contributed by atoms with van der Waals surface area (Å²) in [6.07, 6.45) is -14.5. The van der Waals surface area contributed by atoms with Crippen molar-refractivity contribution in [2.75, 3.05) is 26.4 Å². The fraction of sp³-hybridized carbons (Fsp3) is 0.857. The lowest BCUT2D eigenvalue weighted by Crippen LogP contribution is -2.59. The predicted molar refractivity (Wildman–Crippen MR) is 124 cm³/mol. The second kappa shape index (κ2) is 13.9. The Labute approximate surface area is 224 Å². The first-order valence-corrected chi connectivity index (χ1v) is 12.9. The number of ether oxygens (including phenoxy) is 5. The smallest absolute Gasteiger partial charge is 0.397 e. The van der Waals surface area contributed by atoms with Crippen molar-refractivity contribution in [3.05, 3.63) is 11.8 Å². The van der Waals surface area contributed by atoms with Gasteiger partial charge in [-0.2, -0.15) is 8.42 Å². The summed E-state index contributed by atoms with van der Waals surface area (Å²) in [5.41, 5.74) is 0. The van der Waals surface area contributed by atoms with E-state index in [2.05, 4.69) is 4.18 Å². The van der Waals surface area contributed by atoms with Gasteiger partial charge in [0.2, 0.25) is 12.0 Å². The quantitative estimate of drug-likeness (QED) is 0.114. The summed E-state index contributed by atoms with van der Waals surface area (Å²) in [6.45, 7) is -0.0537. The van der Waals surface area contributed by atoms with E-state index in [-0.39, 0.29) is 20.6 Å². The second-order valence-corrected chi connectivity index (χ2v) is 10.2. The molecular weight excluding hydrogens is 556 g/mol. The number of hydrogen-bond acceptors (Lipinski definition) is 15. The van der Waals surface area contributed by atoms with Crippen molar-refractivity contribution in [2.45, 2.75) is 75.8 Å². The van der Waals surface area contributed by atoms with Crippen LogP contribution in [0.1, 0.15) is 14.4 Å². The lowest BCUT2D eigenvalue weighted by molar-refractivity contribution is -0.298. The van der Waals surface area contributed by atoms with Gasteiger partial charge in [-0.15, -0.1) is 0 Å². The molecule has 3 aliphatic rings. The number of carboxylic acid groups (broad SMARTS) is 1. The lowest BCUT2D eigenvalue weighted by atomic mass is 9.84. The molecule has 18 heteroatoms. The standard InChI is InChI=1S/C20H32O17S.CH4/c1-7-13(23)17(37-38(29,30)31)16(26)20(35-7)34-6-9-8(4-32-12(3-21)14(9)24)5-33-19-15(25)10(22)2-11(36-19)18(27)28;/h2,7-10,12-17,19-26H,3-6H2,1H3,(H,27,28)(H,29,30,31);1H4/t7?,8?,9?,10?,12?,13-,14+,15?,16?,17?,19-,20-;/m1./s1. The molecule has 0 aromatic carbocycles. The largest absolute Gasteiger partial charge is 0.475 e. The van der Waals surface area contributed by atoms with Gasteiger partial charge in [-0.25, -0.2) is 8.98 Å². The monoisotopic (exact) mass is 592 g/mol. The topological polar surface area (TPSA) is 268 Å². The highest BCUT2D eigenvalue weighted by molar-refractivity contribution is 7.80. The molecule has 0 bridgehead atoms. The number of aliphatic hydroxyl groups is 6. The molecule has 3 rings (SSSR count). The van der Waals surface area contributed by atoms with Crippen LogP contribution in [0, 0.1) is 11.8 Å². The zero-order valence-corrected chi connectivity index (χ0v) is 20.8. The van der Waals surface area contributed by atoms with Crippen molar-refractivity contribution in [2.24, 2.45) is 11.8 Å². The zero-order chi connectivity index (χ0) is 28.4. The Morgan fingerprint density at radius 2 is 1.67 bits per heavy atom. The van der Waals surface area contributed by atoms with Gasteiger partial charge in [-0.05, 0) is 13.0 Å². The summed E-state index contributed by atoms with van der Waals surface area (Å²) in [5, 5.41) is 69.9. The maximum atomic E-state index is 11.2. The molecule has 12 atom stereocenters.